The minimum Gasteiger partial charge on any atom is -0.352 e. The van der Waals surface area contributed by atoms with Gasteiger partial charge in [0.2, 0.25) is 5.82 Å². The van der Waals surface area contributed by atoms with E-state index < -0.39 is 40.6 Å². The van der Waals surface area contributed by atoms with Gasteiger partial charge >= 0.3 is 0 Å². The van der Waals surface area contributed by atoms with Crippen LogP contribution in [0.3, 0.4) is 0 Å². The summed E-state index contributed by atoms with van der Waals surface area (Å²) in [4.78, 5) is 11.5. The average Bonchev–Trinajstić information content (AvgIpc) is 2.47. The number of halogens is 5. The lowest BCUT2D eigenvalue weighted by molar-refractivity contribution is 0.0940. The Hall–Kier alpha value is -1.70. The van der Waals surface area contributed by atoms with Gasteiger partial charge in [-0.25, -0.2) is 22.0 Å². The Morgan fingerprint density at radius 1 is 1.05 bits per heavy atom. The number of carbonyl (C=O) groups excluding carboxylic acids is 1. The predicted molar refractivity (Wildman–Crippen MR) is 66.0 cm³/mol. The van der Waals surface area contributed by atoms with Crippen LogP contribution in [0.25, 0.3) is 0 Å². The van der Waals surface area contributed by atoms with Gasteiger partial charge in [0.05, 0.1) is 0 Å². The molecule has 0 aliphatic rings. The molecule has 8 heteroatoms. The summed E-state index contributed by atoms with van der Waals surface area (Å²) in [5.41, 5.74) is 3.91. The second-order valence-corrected chi connectivity index (χ2v) is 4.68. The maximum Gasteiger partial charge on any atom is 0.257 e. The fourth-order valence-corrected chi connectivity index (χ4v) is 1.66. The van der Waals surface area contributed by atoms with Gasteiger partial charge in [-0.3, -0.25) is 4.79 Å². The van der Waals surface area contributed by atoms with Crippen molar-refractivity contribution in [2.45, 2.75) is 19.8 Å². The molecule has 0 fully saturated rings. The molecule has 0 saturated carbocycles. The number of nitrogens with two attached hydrogens (primary N) is 1. The molecule has 1 unspecified atom stereocenters. The standard InChI is InChI=1S/C13H15F5N2O/c1-6(5-19)3-2-4-20-13(21)7-8(14)10(16)12(18)11(17)9(7)15/h6H,2-5,19H2,1H3,(H,20,21). The van der Waals surface area contributed by atoms with E-state index in [0.29, 0.717) is 19.4 Å². The first kappa shape index (κ1) is 17.4. The number of carbonyl (C=O) groups is 1. The van der Waals surface area contributed by atoms with Crippen molar-refractivity contribution in [3.8, 4) is 0 Å². The lowest BCUT2D eigenvalue weighted by Crippen LogP contribution is -2.28. The van der Waals surface area contributed by atoms with E-state index in [1.54, 1.807) is 0 Å². The van der Waals surface area contributed by atoms with Gasteiger partial charge < -0.3 is 11.1 Å². The van der Waals surface area contributed by atoms with E-state index in [4.69, 9.17) is 5.73 Å². The summed E-state index contributed by atoms with van der Waals surface area (Å²) in [6, 6.07) is 0. The van der Waals surface area contributed by atoms with Crippen LogP contribution in [0, 0.1) is 35.0 Å². The van der Waals surface area contributed by atoms with Gasteiger partial charge in [0.25, 0.3) is 5.91 Å². The van der Waals surface area contributed by atoms with Crippen molar-refractivity contribution in [3.05, 3.63) is 34.6 Å². The molecular weight excluding hydrogens is 295 g/mol. The van der Waals surface area contributed by atoms with Gasteiger partial charge in [0.1, 0.15) is 5.56 Å². The molecule has 0 aromatic heterocycles. The first-order chi connectivity index (χ1) is 9.81. The van der Waals surface area contributed by atoms with E-state index in [9.17, 15) is 26.7 Å². The molecule has 0 heterocycles. The van der Waals surface area contributed by atoms with Crippen molar-refractivity contribution in [2.75, 3.05) is 13.1 Å². The van der Waals surface area contributed by atoms with Crippen molar-refractivity contribution in [2.24, 2.45) is 11.7 Å². The second-order valence-electron chi connectivity index (χ2n) is 4.68. The molecule has 3 nitrogen and oxygen atoms in total. The third-order valence-electron chi connectivity index (χ3n) is 3.00. The molecule has 0 radical (unpaired) electrons. The normalized spacial score (nSPS) is 12.3. The van der Waals surface area contributed by atoms with Crippen LogP contribution in [0.2, 0.25) is 0 Å². The molecule has 0 saturated heterocycles. The smallest absolute Gasteiger partial charge is 0.257 e. The molecule has 1 rings (SSSR count). The summed E-state index contributed by atoms with van der Waals surface area (Å²) < 4.78 is 65.4. The highest BCUT2D eigenvalue weighted by Gasteiger charge is 2.29. The summed E-state index contributed by atoms with van der Waals surface area (Å²) in [5, 5.41) is 2.12. The van der Waals surface area contributed by atoms with Crippen LogP contribution >= 0.6 is 0 Å². The minimum absolute atomic E-state index is 0.0443. The highest BCUT2D eigenvalue weighted by molar-refractivity contribution is 5.94. The lowest BCUT2D eigenvalue weighted by Gasteiger charge is -2.10. The molecule has 1 aromatic rings. The van der Waals surface area contributed by atoms with Gasteiger partial charge in [0, 0.05) is 6.54 Å². The van der Waals surface area contributed by atoms with Crippen molar-refractivity contribution in [1.29, 1.82) is 0 Å². The van der Waals surface area contributed by atoms with Crippen molar-refractivity contribution < 1.29 is 26.7 Å². The highest BCUT2D eigenvalue weighted by Crippen LogP contribution is 2.22. The zero-order valence-electron chi connectivity index (χ0n) is 11.3. The van der Waals surface area contributed by atoms with Crippen LogP contribution in [0.5, 0.6) is 0 Å². The highest BCUT2D eigenvalue weighted by atomic mass is 19.2. The van der Waals surface area contributed by atoms with Gasteiger partial charge in [-0.05, 0) is 25.3 Å². The molecule has 1 amide bonds. The zero-order valence-corrected chi connectivity index (χ0v) is 11.3. The lowest BCUT2D eigenvalue weighted by atomic mass is 10.1. The maximum atomic E-state index is 13.3. The van der Waals surface area contributed by atoms with Gasteiger partial charge in [-0.1, -0.05) is 6.92 Å². The first-order valence-corrected chi connectivity index (χ1v) is 6.30. The molecule has 21 heavy (non-hydrogen) atoms. The zero-order chi connectivity index (χ0) is 16.2. The Morgan fingerprint density at radius 3 is 2.00 bits per heavy atom. The van der Waals surface area contributed by atoms with Gasteiger partial charge in [-0.15, -0.1) is 0 Å². The number of hydrogen-bond donors (Lipinski definition) is 2. The van der Waals surface area contributed by atoms with E-state index >= 15 is 0 Å². The van der Waals surface area contributed by atoms with Gasteiger partial charge in [-0.2, -0.15) is 0 Å². The molecule has 1 atom stereocenters. The fourth-order valence-electron chi connectivity index (χ4n) is 1.66. The van der Waals surface area contributed by atoms with Crippen LogP contribution in [0.4, 0.5) is 22.0 Å². The SMILES string of the molecule is CC(CN)CCCNC(=O)c1c(F)c(F)c(F)c(F)c1F. The summed E-state index contributed by atoms with van der Waals surface area (Å²) in [6.45, 7) is 2.38. The Kier molecular flexibility index (Phi) is 6.07. The van der Waals surface area contributed by atoms with Crippen LogP contribution in [0.15, 0.2) is 0 Å². The number of hydrogen-bond acceptors (Lipinski definition) is 2. The Morgan fingerprint density at radius 2 is 1.52 bits per heavy atom. The predicted octanol–water partition coefficient (Wildman–Crippen LogP) is 2.49. The minimum atomic E-state index is -2.29. The summed E-state index contributed by atoms with van der Waals surface area (Å²) in [6.07, 6.45) is 1.13. The van der Waals surface area contributed by atoms with E-state index in [1.165, 1.54) is 0 Å². The summed E-state index contributed by atoms with van der Waals surface area (Å²) >= 11 is 0. The number of benzene rings is 1. The van der Waals surface area contributed by atoms with Crippen molar-refractivity contribution in [1.82, 2.24) is 5.32 Å². The van der Waals surface area contributed by atoms with Crippen molar-refractivity contribution in [3.63, 3.8) is 0 Å². The third-order valence-corrected chi connectivity index (χ3v) is 3.00. The topological polar surface area (TPSA) is 55.1 Å². The molecule has 0 aliphatic heterocycles. The Balaban J connectivity index is 2.80. The molecule has 0 aliphatic carbocycles. The summed E-state index contributed by atoms with van der Waals surface area (Å²) in [7, 11) is 0. The van der Waals surface area contributed by atoms with Crippen LogP contribution < -0.4 is 11.1 Å². The third kappa shape index (κ3) is 3.90. The van der Waals surface area contributed by atoms with E-state index in [-0.39, 0.29) is 12.5 Å². The Labute approximate surface area is 118 Å². The first-order valence-electron chi connectivity index (χ1n) is 6.30. The van der Waals surface area contributed by atoms with Crippen LogP contribution in [-0.2, 0) is 0 Å². The molecule has 118 valence electrons. The van der Waals surface area contributed by atoms with Crippen LogP contribution in [-0.4, -0.2) is 19.0 Å². The number of rotatable bonds is 6. The maximum absolute atomic E-state index is 13.3. The van der Waals surface area contributed by atoms with E-state index in [2.05, 4.69) is 5.32 Å². The molecule has 1 aromatic carbocycles. The molecule has 0 bridgehead atoms. The quantitative estimate of drug-likeness (QED) is 0.367. The van der Waals surface area contributed by atoms with Crippen molar-refractivity contribution >= 4 is 5.91 Å². The molecule has 3 N–H and O–H groups in total. The molecular formula is C13H15F5N2O. The fraction of sp³-hybridized carbons (Fsp3) is 0.462. The molecule has 0 spiro atoms. The van der Waals surface area contributed by atoms with Crippen LogP contribution in [0.1, 0.15) is 30.1 Å². The summed E-state index contributed by atoms with van der Waals surface area (Å²) in [5.74, 6) is -12.0. The monoisotopic (exact) mass is 310 g/mol. The number of nitrogens with one attached hydrogen (secondary N) is 1. The Bertz CT molecular complexity index is 507. The average molecular weight is 310 g/mol. The largest absolute Gasteiger partial charge is 0.352 e. The van der Waals surface area contributed by atoms with E-state index in [0.717, 1.165) is 0 Å². The second kappa shape index (κ2) is 7.35. The number of amides is 1. The van der Waals surface area contributed by atoms with Gasteiger partial charge in [0.15, 0.2) is 23.3 Å². The van der Waals surface area contributed by atoms with E-state index in [1.807, 2.05) is 6.92 Å².